The van der Waals surface area contributed by atoms with Gasteiger partial charge in [-0.25, -0.2) is 0 Å². The second-order valence-corrected chi connectivity index (χ2v) is 6.73. The molecule has 25 heavy (non-hydrogen) atoms. The molecule has 3 nitrogen and oxygen atoms in total. The van der Waals surface area contributed by atoms with Crippen LogP contribution in [0.2, 0.25) is 0 Å². The molecule has 0 saturated carbocycles. The summed E-state index contributed by atoms with van der Waals surface area (Å²) in [6.45, 7) is 4.20. The van der Waals surface area contributed by atoms with Gasteiger partial charge in [0.25, 0.3) is 0 Å². The first-order chi connectivity index (χ1) is 12.2. The van der Waals surface area contributed by atoms with E-state index in [4.69, 9.17) is 4.74 Å². The fraction of sp³-hybridized carbons (Fsp3) is 0.273. The molecule has 0 atom stereocenters. The minimum absolute atomic E-state index is 0.853. The van der Waals surface area contributed by atoms with Crippen LogP contribution in [0.4, 0.5) is 0 Å². The van der Waals surface area contributed by atoms with Crippen molar-refractivity contribution in [3.8, 4) is 17.7 Å². The van der Waals surface area contributed by atoms with Gasteiger partial charge in [-0.2, -0.15) is 0 Å². The van der Waals surface area contributed by atoms with E-state index in [1.165, 1.54) is 27.7 Å². The Morgan fingerprint density at radius 3 is 2.64 bits per heavy atom. The van der Waals surface area contributed by atoms with Gasteiger partial charge in [-0.05, 0) is 68.3 Å². The van der Waals surface area contributed by atoms with Gasteiger partial charge >= 0.3 is 0 Å². The molecule has 0 N–H and O–H groups in total. The quantitative estimate of drug-likeness (QED) is 0.632. The molecule has 3 aromatic rings. The number of rotatable bonds is 1. The molecular formula is C22H22N2O. The van der Waals surface area contributed by atoms with E-state index >= 15 is 0 Å². The van der Waals surface area contributed by atoms with Crippen LogP contribution in [-0.4, -0.2) is 30.2 Å². The van der Waals surface area contributed by atoms with Crippen molar-refractivity contribution < 1.29 is 4.74 Å². The van der Waals surface area contributed by atoms with Crippen molar-refractivity contribution in [2.24, 2.45) is 0 Å². The zero-order valence-corrected chi connectivity index (χ0v) is 15.0. The maximum Gasteiger partial charge on any atom is 0.118 e. The molecule has 0 fully saturated rings. The maximum atomic E-state index is 5.22. The summed E-state index contributed by atoms with van der Waals surface area (Å²) in [6, 6.07) is 18.0. The first kappa shape index (κ1) is 15.8. The monoisotopic (exact) mass is 330 g/mol. The van der Waals surface area contributed by atoms with Crippen LogP contribution >= 0.6 is 0 Å². The molecule has 126 valence electrons. The van der Waals surface area contributed by atoms with Crippen molar-refractivity contribution in [2.75, 3.05) is 20.7 Å². The lowest BCUT2D eigenvalue weighted by atomic mass is 10.0. The van der Waals surface area contributed by atoms with Crippen LogP contribution in [0.5, 0.6) is 5.75 Å². The van der Waals surface area contributed by atoms with Crippen molar-refractivity contribution in [1.82, 2.24) is 9.47 Å². The van der Waals surface area contributed by atoms with Gasteiger partial charge in [-0.15, -0.1) is 0 Å². The predicted molar refractivity (Wildman–Crippen MR) is 102 cm³/mol. The third-order valence-electron chi connectivity index (χ3n) is 4.90. The summed E-state index contributed by atoms with van der Waals surface area (Å²) in [6.07, 6.45) is 1.09. The summed E-state index contributed by atoms with van der Waals surface area (Å²) >= 11 is 0. The van der Waals surface area contributed by atoms with E-state index in [1.807, 2.05) is 24.3 Å². The highest BCUT2D eigenvalue weighted by atomic mass is 16.5. The van der Waals surface area contributed by atoms with Crippen LogP contribution in [-0.2, 0) is 13.0 Å². The van der Waals surface area contributed by atoms with Gasteiger partial charge in [0.2, 0.25) is 0 Å². The van der Waals surface area contributed by atoms with Gasteiger partial charge < -0.3 is 9.64 Å². The number of aryl methyl sites for hydroxylation is 1. The SMILES string of the molecule is COc1ccc(C#Cn2c3c(c4cc(C)ccc42)CCN(C)C3)cc1. The van der Waals surface area contributed by atoms with Gasteiger partial charge in [0.05, 0.1) is 12.6 Å². The number of benzene rings is 2. The third kappa shape index (κ3) is 2.90. The first-order valence-electron chi connectivity index (χ1n) is 8.63. The largest absolute Gasteiger partial charge is 0.497 e. The zero-order valence-electron chi connectivity index (χ0n) is 15.0. The average Bonchev–Trinajstić information content (AvgIpc) is 2.92. The van der Waals surface area contributed by atoms with E-state index in [1.54, 1.807) is 7.11 Å². The Labute approximate surface area is 148 Å². The number of hydrogen-bond acceptors (Lipinski definition) is 2. The number of fused-ring (bicyclic) bond motifs is 3. The number of ether oxygens (including phenoxy) is 1. The van der Waals surface area contributed by atoms with Gasteiger partial charge in [0.15, 0.2) is 0 Å². The lowest BCUT2D eigenvalue weighted by Crippen LogP contribution is -2.27. The number of hydrogen-bond donors (Lipinski definition) is 0. The van der Waals surface area contributed by atoms with Crippen molar-refractivity contribution >= 4 is 10.9 Å². The van der Waals surface area contributed by atoms with E-state index < -0.39 is 0 Å². The average molecular weight is 330 g/mol. The molecule has 3 heteroatoms. The number of methoxy groups -OCH3 is 1. The van der Waals surface area contributed by atoms with Crippen molar-refractivity contribution in [3.63, 3.8) is 0 Å². The molecule has 0 aliphatic carbocycles. The molecule has 0 radical (unpaired) electrons. The van der Waals surface area contributed by atoms with E-state index in [0.717, 1.165) is 30.8 Å². The number of likely N-dealkylation sites (N-methyl/N-ethyl adjacent to an activating group) is 1. The lowest BCUT2D eigenvalue weighted by Gasteiger charge is -2.23. The Balaban J connectivity index is 1.84. The Kier molecular flexibility index (Phi) is 3.99. The minimum atomic E-state index is 0.853. The lowest BCUT2D eigenvalue weighted by molar-refractivity contribution is 0.308. The van der Waals surface area contributed by atoms with Crippen LogP contribution in [0, 0.1) is 18.9 Å². The van der Waals surface area contributed by atoms with Crippen LogP contribution < -0.4 is 4.74 Å². The van der Waals surface area contributed by atoms with Crippen LogP contribution in [0.3, 0.4) is 0 Å². The van der Waals surface area contributed by atoms with E-state index in [0.29, 0.717) is 0 Å². The molecule has 0 spiro atoms. The molecule has 0 saturated heterocycles. The highest BCUT2D eigenvalue weighted by Gasteiger charge is 2.21. The van der Waals surface area contributed by atoms with Gasteiger partial charge in [0, 0.05) is 35.8 Å². The second kappa shape index (κ2) is 6.31. The van der Waals surface area contributed by atoms with Crippen molar-refractivity contribution in [1.29, 1.82) is 0 Å². The molecule has 1 aliphatic rings. The Bertz CT molecular complexity index is 987. The molecule has 1 aromatic heterocycles. The fourth-order valence-electron chi connectivity index (χ4n) is 3.53. The number of nitrogens with zero attached hydrogens (tertiary/aromatic N) is 2. The molecule has 0 bridgehead atoms. The highest BCUT2D eigenvalue weighted by Crippen LogP contribution is 2.30. The summed E-state index contributed by atoms with van der Waals surface area (Å²) in [5.74, 6) is 4.16. The second-order valence-electron chi connectivity index (χ2n) is 6.73. The molecule has 1 aliphatic heterocycles. The van der Waals surface area contributed by atoms with E-state index in [2.05, 4.69) is 53.6 Å². The van der Waals surface area contributed by atoms with Crippen molar-refractivity contribution in [2.45, 2.75) is 19.9 Å². The highest BCUT2D eigenvalue weighted by molar-refractivity contribution is 5.87. The summed E-state index contributed by atoms with van der Waals surface area (Å²) in [5.41, 5.74) is 6.30. The third-order valence-corrected chi connectivity index (χ3v) is 4.90. The topological polar surface area (TPSA) is 17.4 Å². The Morgan fingerprint density at radius 1 is 1.08 bits per heavy atom. The molecule has 4 rings (SSSR count). The minimum Gasteiger partial charge on any atom is -0.497 e. The zero-order chi connectivity index (χ0) is 17.4. The van der Waals surface area contributed by atoms with Crippen molar-refractivity contribution in [3.05, 3.63) is 64.8 Å². The molecule has 2 aromatic carbocycles. The smallest absolute Gasteiger partial charge is 0.118 e. The van der Waals surface area contributed by atoms with Crippen LogP contribution in [0.15, 0.2) is 42.5 Å². The van der Waals surface area contributed by atoms with Crippen LogP contribution in [0.1, 0.15) is 22.4 Å². The maximum absolute atomic E-state index is 5.22. The van der Waals surface area contributed by atoms with Gasteiger partial charge in [-0.1, -0.05) is 11.6 Å². The van der Waals surface area contributed by atoms with Gasteiger partial charge in [-0.3, -0.25) is 4.57 Å². The molecule has 2 heterocycles. The normalized spacial score (nSPS) is 14.0. The Morgan fingerprint density at radius 2 is 1.88 bits per heavy atom. The molecule has 0 unspecified atom stereocenters. The van der Waals surface area contributed by atoms with Gasteiger partial charge in [0.1, 0.15) is 5.75 Å². The summed E-state index contributed by atoms with van der Waals surface area (Å²) in [5, 5.41) is 1.35. The first-order valence-corrected chi connectivity index (χ1v) is 8.63. The molecular weight excluding hydrogens is 308 g/mol. The van der Waals surface area contributed by atoms with Crippen LogP contribution in [0.25, 0.3) is 10.9 Å². The summed E-state index contributed by atoms with van der Waals surface area (Å²) in [4.78, 5) is 2.36. The Hall–Kier alpha value is -2.70. The summed E-state index contributed by atoms with van der Waals surface area (Å²) in [7, 11) is 3.85. The standard InChI is InChI=1S/C22H22N2O/c1-16-4-9-21-20(14-16)19-11-12-23(2)15-22(19)24(21)13-10-17-5-7-18(25-3)8-6-17/h4-9,14H,11-12,15H2,1-3H3. The summed E-state index contributed by atoms with van der Waals surface area (Å²) < 4.78 is 7.40. The predicted octanol–water partition coefficient (Wildman–Crippen LogP) is 3.80. The van der Waals surface area contributed by atoms with E-state index in [-0.39, 0.29) is 0 Å². The number of aromatic nitrogens is 1. The fourth-order valence-corrected chi connectivity index (χ4v) is 3.53. The molecule has 0 amide bonds. The van der Waals surface area contributed by atoms with E-state index in [9.17, 15) is 0 Å².